The Morgan fingerprint density at radius 3 is 2.79 bits per heavy atom. The zero-order valence-corrected chi connectivity index (χ0v) is 16.7. The molecule has 2 aliphatic rings. The fourth-order valence-corrected chi connectivity index (χ4v) is 4.83. The SMILES string of the molecule is COc1ccc2cc(C(=O)N3CCC4(CCN(Cc5ccccc5)C4)C3)[nH]c2n1. The summed E-state index contributed by atoms with van der Waals surface area (Å²) in [6, 6.07) is 16.3. The Kier molecular flexibility index (Phi) is 4.51. The van der Waals surface area contributed by atoms with E-state index in [2.05, 4.69) is 45.2 Å². The molecular weight excluding hydrogens is 364 g/mol. The first kappa shape index (κ1) is 18.2. The van der Waals surface area contributed by atoms with Gasteiger partial charge >= 0.3 is 0 Å². The number of aromatic amines is 1. The van der Waals surface area contributed by atoms with E-state index < -0.39 is 0 Å². The molecule has 2 aliphatic heterocycles. The zero-order valence-electron chi connectivity index (χ0n) is 16.7. The lowest BCUT2D eigenvalue weighted by molar-refractivity contribution is 0.0768. The summed E-state index contributed by atoms with van der Waals surface area (Å²) < 4.78 is 5.18. The fraction of sp³-hybridized carbons (Fsp3) is 0.391. The summed E-state index contributed by atoms with van der Waals surface area (Å²) in [5.41, 5.74) is 2.89. The lowest BCUT2D eigenvalue weighted by Crippen LogP contribution is -2.34. The number of H-pyrrole nitrogens is 1. The number of hydrogen-bond acceptors (Lipinski definition) is 4. The highest BCUT2D eigenvalue weighted by molar-refractivity contribution is 5.97. The largest absolute Gasteiger partial charge is 0.481 e. The number of amides is 1. The highest BCUT2D eigenvalue weighted by Gasteiger charge is 2.44. The van der Waals surface area contributed by atoms with Gasteiger partial charge in [0, 0.05) is 43.0 Å². The quantitative estimate of drug-likeness (QED) is 0.742. The van der Waals surface area contributed by atoms with Crippen LogP contribution in [0.5, 0.6) is 5.88 Å². The van der Waals surface area contributed by atoms with Crippen LogP contribution in [0.4, 0.5) is 0 Å². The van der Waals surface area contributed by atoms with Crippen molar-refractivity contribution >= 4 is 16.9 Å². The van der Waals surface area contributed by atoms with Crippen molar-refractivity contribution in [1.82, 2.24) is 19.8 Å². The Labute approximate surface area is 170 Å². The molecule has 0 saturated carbocycles. The summed E-state index contributed by atoms with van der Waals surface area (Å²) in [7, 11) is 1.59. The number of hydrogen-bond donors (Lipinski definition) is 1. The number of nitrogens with one attached hydrogen (secondary N) is 1. The van der Waals surface area contributed by atoms with Gasteiger partial charge in [-0.3, -0.25) is 9.69 Å². The molecule has 4 heterocycles. The van der Waals surface area contributed by atoms with E-state index in [1.807, 2.05) is 23.1 Å². The van der Waals surface area contributed by atoms with Gasteiger partial charge in [-0.2, -0.15) is 4.98 Å². The average molecular weight is 390 g/mol. The van der Waals surface area contributed by atoms with Gasteiger partial charge < -0.3 is 14.6 Å². The summed E-state index contributed by atoms with van der Waals surface area (Å²) in [6.07, 6.45) is 2.24. The summed E-state index contributed by atoms with van der Waals surface area (Å²) >= 11 is 0. The number of methoxy groups -OCH3 is 1. The zero-order chi connectivity index (χ0) is 19.8. The average Bonchev–Trinajstić information content (AvgIpc) is 3.46. The van der Waals surface area contributed by atoms with Gasteiger partial charge in [0.25, 0.3) is 5.91 Å². The Bertz CT molecular complexity index is 1030. The van der Waals surface area contributed by atoms with Gasteiger partial charge in [0.2, 0.25) is 5.88 Å². The maximum atomic E-state index is 13.1. The Morgan fingerprint density at radius 1 is 1.14 bits per heavy atom. The van der Waals surface area contributed by atoms with Gasteiger partial charge in [0.15, 0.2) is 0 Å². The number of carbonyl (C=O) groups is 1. The third-order valence-electron chi connectivity index (χ3n) is 6.39. The van der Waals surface area contributed by atoms with Gasteiger partial charge in [0.1, 0.15) is 11.3 Å². The van der Waals surface area contributed by atoms with Gasteiger partial charge in [0.05, 0.1) is 7.11 Å². The number of benzene rings is 1. The van der Waals surface area contributed by atoms with E-state index in [1.165, 1.54) is 5.56 Å². The van der Waals surface area contributed by atoms with E-state index in [4.69, 9.17) is 4.74 Å². The molecule has 3 aromatic rings. The minimum atomic E-state index is 0.0698. The second-order valence-electron chi connectivity index (χ2n) is 8.40. The van der Waals surface area contributed by atoms with Crippen LogP contribution < -0.4 is 4.74 Å². The van der Waals surface area contributed by atoms with E-state index in [0.717, 1.165) is 51.0 Å². The van der Waals surface area contributed by atoms with E-state index in [9.17, 15) is 4.79 Å². The molecule has 0 aliphatic carbocycles. The summed E-state index contributed by atoms with van der Waals surface area (Å²) in [6.45, 7) is 4.82. The Hall–Kier alpha value is -2.86. The predicted molar refractivity (Wildman–Crippen MR) is 112 cm³/mol. The van der Waals surface area contributed by atoms with Crippen molar-refractivity contribution < 1.29 is 9.53 Å². The molecule has 6 nitrogen and oxygen atoms in total. The van der Waals surface area contributed by atoms with Gasteiger partial charge in [-0.05, 0) is 37.1 Å². The van der Waals surface area contributed by atoms with E-state index in [0.29, 0.717) is 17.2 Å². The van der Waals surface area contributed by atoms with Crippen LogP contribution in [-0.4, -0.2) is 59.0 Å². The molecule has 2 fully saturated rings. The molecule has 0 radical (unpaired) electrons. The summed E-state index contributed by atoms with van der Waals surface area (Å²) in [5, 5.41) is 0.929. The smallest absolute Gasteiger partial charge is 0.270 e. The van der Waals surface area contributed by atoms with Crippen LogP contribution in [-0.2, 0) is 6.54 Å². The van der Waals surface area contributed by atoms with Crippen molar-refractivity contribution in [3.05, 3.63) is 59.8 Å². The van der Waals surface area contributed by atoms with Crippen LogP contribution >= 0.6 is 0 Å². The van der Waals surface area contributed by atoms with Gasteiger partial charge in [-0.25, -0.2) is 0 Å². The minimum absolute atomic E-state index is 0.0698. The number of carbonyl (C=O) groups excluding carboxylic acids is 1. The second kappa shape index (κ2) is 7.19. The van der Waals surface area contributed by atoms with E-state index in [1.54, 1.807) is 7.11 Å². The van der Waals surface area contributed by atoms with Crippen molar-refractivity contribution in [2.45, 2.75) is 19.4 Å². The molecule has 2 aromatic heterocycles. The predicted octanol–water partition coefficient (Wildman–Crippen LogP) is 3.31. The molecule has 1 atom stereocenters. The number of likely N-dealkylation sites (tertiary alicyclic amines) is 2. The molecule has 150 valence electrons. The number of ether oxygens (including phenoxy) is 1. The molecule has 1 aromatic carbocycles. The number of pyridine rings is 1. The molecule has 0 bridgehead atoms. The topological polar surface area (TPSA) is 61.5 Å². The van der Waals surface area contributed by atoms with Crippen LogP contribution in [0.25, 0.3) is 11.0 Å². The second-order valence-corrected chi connectivity index (χ2v) is 8.40. The highest BCUT2D eigenvalue weighted by Crippen LogP contribution is 2.40. The van der Waals surface area contributed by atoms with Crippen LogP contribution in [0.3, 0.4) is 0 Å². The van der Waals surface area contributed by atoms with Crippen molar-refractivity contribution in [1.29, 1.82) is 0 Å². The Balaban J connectivity index is 1.26. The van der Waals surface area contributed by atoms with Gasteiger partial charge in [-0.15, -0.1) is 0 Å². The third kappa shape index (κ3) is 3.49. The lowest BCUT2D eigenvalue weighted by atomic mass is 9.86. The van der Waals surface area contributed by atoms with E-state index in [-0.39, 0.29) is 11.3 Å². The van der Waals surface area contributed by atoms with Crippen molar-refractivity contribution in [3.63, 3.8) is 0 Å². The van der Waals surface area contributed by atoms with Gasteiger partial charge in [-0.1, -0.05) is 30.3 Å². The molecule has 1 amide bonds. The van der Waals surface area contributed by atoms with Crippen LogP contribution in [0.2, 0.25) is 0 Å². The molecule has 1 N–H and O–H groups in total. The monoisotopic (exact) mass is 390 g/mol. The first-order valence-electron chi connectivity index (χ1n) is 10.2. The first-order chi connectivity index (χ1) is 14.1. The highest BCUT2D eigenvalue weighted by atomic mass is 16.5. The number of rotatable bonds is 4. The minimum Gasteiger partial charge on any atom is -0.481 e. The van der Waals surface area contributed by atoms with Crippen LogP contribution in [0.1, 0.15) is 28.9 Å². The number of fused-ring (bicyclic) bond motifs is 1. The lowest BCUT2D eigenvalue weighted by Gasteiger charge is -2.24. The number of aromatic nitrogens is 2. The molecule has 2 saturated heterocycles. The van der Waals surface area contributed by atoms with Crippen molar-refractivity contribution in [3.8, 4) is 5.88 Å². The molecule has 29 heavy (non-hydrogen) atoms. The number of nitrogens with zero attached hydrogens (tertiary/aromatic N) is 3. The summed E-state index contributed by atoms with van der Waals surface area (Å²) in [4.78, 5) is 25.2. The van der Waals surface area contributed by atoms with Crippen LogP contribution in [0, 0.1) is 5.41 Å². The maximum absolute atomic E-state index is 13.1. The third-order valence-corrected chi connectivity index (χ3v) is 6.39. The fourth-order valence-electron chi connectivity index (χ4n) is 4.83. The van der Waals surface area contributed by atoms with Crippen molar-refractivity contribution in [2.75, 3.05) is 33.3 Å². The summed E-state index contributed by atoms with van der Waals surface area (Å²) in [5.74, 6) is 0.614. The standard InChI is InChI=1S/C23H26N4O2/c1-29-20-8-7-18-13-19(24-21(18)25-20)22(28)27-12-10-23(16-27)9-11-26(15-23)14-17-5-3-2-4-6-17/h2-8,13H,9-12,14-16H2,1H3,(H,24,25). The maximum Gasteiger partial charge on any atom is 0.270 e. The normalized spacial score (nSPS) is 22.0. The van der Waals surface area contributed by atoms with Crippen LogP contribution in [0.15, 0.2) is 48.5 Å². The molecule has 1 spiro atoms. The molecule has 1 unspecified atom stereocenters. The Morgan fingerprint density at radius 2 is 1.97 bits per heavy atom. The van der Waals surface area contributed by atoms with E-state index >= 15 is 0 Å². The molecule has 5 rings (SSSR count). The molecular formula is C23H26N4O2. The molecule has 6 heteroatoms. The first-order valence-corrected chi connectivity index (χ1v) is 10.2. The van der Waals surface area contributed by atoms with Crippen molar-refractivity contribution in [2.24, 2.45) is 5.41 Å².